The quantitative estimate of drug-likeness (QED) is 0.864. The van der Waals surface area contributed by atoms with Gasteiger partial charge in [-0.25, -0.2) is 0 Å². The summed E-state index contributed by atoms with van der Waals surface area (Å²) in [4.78, 5) is 23.5. The third kappa shape index (κ3) is 2.94. The molecule has 2 rings (SSSR count). The molecule has 1 aliphatic rings. The summed E-state index contributed by atoms with van der Waals surface area (Å²) in [5.74, 6) is -1.31. The molecule has 0 radical (unpaired) electrons. The predicted molar refractivity (Wildman–Crippen MR) is 78.1 cm³/mol. The van der Waals surface area contributed by atoms with Crippen LogP contribution in [0.1, 0.15) is 55.5 Å². The first-order valence-corrected chi connectivity index (χ1v) is 7.30. The molecule has 1 fully saturated rings. The number of amides is 1. The molecule has 0 saturated heterocycles. The summed E-state index contributed by atoms with van der Waals surface area (Å²) in [6, 6.07) is 0. The number of aryl methyl sites for hydroxylation is 2. The van der Waals surface area contributed by atoms with Crippen molar-refractivity contribution in [1.29, 1.82) is 0 Å². The topological polar surface area (TPSA) is 84.2 Å². The highest BCUT2D eigenvalue weighted by atomic mass is 16.4. The number of rotatable bonds is 5. The number of carboxylic acids is 1. The number of carbonyl (C=O) groups is 2. The molecule has 0 aliphatic heterocycles. The zero-order chi connectivity index (χ0) is 15.8. The van der Waals surface area contributed by atoms with Gasteiger partial charge in [-0.15, -0.1) is 0 Å². The average molecular weight is 293 g/mol. The summed E-state index contributed by atoms with van der Waals surface area (Å²) in [6.45, 7) is 5.68. The molecule has 6 heteroatoms. The second-order valence-corrected chi connectivity index (χ2v) is 6.12. The van der Waals surface area contributed by atoms with Crippen LogP contribution in [0.4, 0.5) is 0 Å². The van der Waals surface area contributed by atoms with E-state index in [9.17, 15) is 9.59 Å². The van der Waals surface area contributed by atoms with E-state index in [0.29, 0.717) is 0 Å². The standard InChI is InChI=1S/C15H23N3O3/c1-9(13-10(2)17-18(4)11(13)3)14(21)16-15(6-5-7-15)8-12(19)20/h9H,5-8H2,1-4H3,(H,16,21)(H,19,20). The Hall–Kier alpha value is -1.85. The molecule has 116 valence electrons. The van der Waals surface area contributed by atoms with Crippen molar-refractivity contribution >= 4 is 11.9 Å². The predicted octanol–water partition coefficient (Wildman–Crippen LogP) is 1.65. The van der Waals surface area contributed by atoms with Crippen LogP contribution in [-0.2, 0) is 16.6 Å². The van der Waals surface area contributed by atoms with Crippen LogP contribution in [0.5, 0.6) is 0 Å². The van der Waals surface area contributed by atoms with E-state index in [4.69, 9.17) is 5.11 Å². The first-order valence-electron chi connectivity index (χ1n) is 7.30. The molecule has 0 spiro atoms. The van der Waals surface area contributed by atoms with Gasteiger partial charge in [0.1, 0.15) is 0 Å². The Morgan fingerprint density at radius 3 is 2.43 bits per heavy atom. The second-order valence-electron chi connectivity index (χ2n) is 6.12. The Kier molecular flexibility index (Phi) is 4.07. The maximum Gasteiger partial charge on any atom is 0.305 e. The van der Waals surface area contributed by atoms with Crippen molar-refractivity contribution in [1.82, 2.24) is 15.1 Å². The number of hydrogen-bond acceptors (Lipinski definition) is 3. The first kappa shape index (κ1) is 15.5. The molecule has 1 saturated carbocycles. The van der Waals surface area contributed by atoms with E-state index >= 15 is 0 Å². The number of aliphatic carboxylic acids is 1. The molecule has 1 heterocycles. The SMILES string of the molecule is Cc1nn(C)c(C)c1C(C)C(=O)NC1(CC(=O)O)CCC1. The lowest BCUT2D eigenvalue weighted by atomic mass is 9.74. The minimum Gasteiger partial charge on any atom is -0.481 e. The molecule has 21 heavy (non-hydrogen) atoms. The van der Waals surface area contributed by atoms with Gasteiger partial charge in [0.15, 0.2) is 0 Å². The van der Waals surface area contributed by atoms with Crippen LogP contribution >= 0.6 is 0 Å². The maximum atomic E-state index is 12.5. The number of hydrogen-bond donors (Lipinski definition) is 2. The number of aromatic nitrogens is 2. The van der Waals surface area contributed by atoms with Crippen molar-refractivity contribution < 1.29 is 14.7 Å². The Bertz CT molecular complexity index is 573. The summed E-state index contributed by atoms with van der Waals surface area (Å²) in [7, 11) is 1.86. The van der Waals surface area contributed by atoms with E-state index < -0.39 is 11.5 Å². The third-order valence-corrected chi connectivity index (χ3v) is 4.58. The zero-order valence-corrected chi connectivity index (χ0v) is 13.1. The first-order chi connectivity index (χ1) is 9.76. The molecule has 1 aromatic rings. The van der Waals surface area contributed by atoms with Crippen molar-refractivity contribution in [3.63, 3.8) is 0 Å². The van der Waals surface area contributed by atoms with Gasteiger partial charge >= 0.3 is 5.97 Å². The van der Waals surface area contributed by atoms with Crippen LogP contribution in [0, 0.1) is 13.8 Å². The van der Waals surface area contributed by atoms with Crippen LogP contribution in [0.25, 0.3) is 0 Å². The summed E-state index contributed by atoms with van der Waals surface area (Å²) >= 11 is 0. The van der Waals surface area contributed by atoms with Gasteiger partial charge in [-0.2, -0.15) is 5.10 Å². The molecular formula is C15H23N3O3. The van der Waals surface area contributed by atoms with Gasteiger partial charge in [0.2, 0.25) is 5.91 Å². The van der Waals surface area contributed by atoms with E-state index in [1.165, 1.54) is 0 Å². The fraction of sp³-hybridized carbons (Fsp3) is 0.667. The zero-order valence-electron chi connectivity index (χ0n) is 13.1. The number of nitrogens with zero attached hydrogens (tertiary/aromatic N) is 2. The van der Waals surface area contributed by atoms with Crippen molar-refractivity contribution in [2.75, 3.05) is 0 Å². The molecule has 0 bridgehead atoms. The lowest BCUT2D eigenvalue weighted by Gasteiger charge is -2.42. The van der Waals surface area contributed by atoms with Gasteiger partial charge in [-0.3, -0.25) is 14.3 Å². The molecule has 6 nitrogen and oxygen atoms in total. The van der Waals surface area contributed by atoms with Crippen LogP contribution in [0.3, 0.4) is 0 Å². The Morgan fingerprint density at radius 1 is 1.43 bits per heavy atom. The van der Waals surface area contributed by atoms with E-state index in [-0.39, 0.29) is 18.2 Å². The Balaban J connectivity index is 2.14. The number of nitrogens with one attached hydrogen (secondary N) is 1. The fourth-order valence-electron chi connectivity index (χ4n) is 3.16. The van der Waals surface area contributed by atoms with Gasteiger partial charge < -0.3 is 10.4 Å². The minimum atomic E-state index is -0.864. The summed E-state index contributed by atoms with van der Waals surface area (Å²) < 4.78 is 1.77. The lowest BCUT2D eigenvalue weighted by molar-refractivity contribution is -0.140. The van der Waals surface area contributed by atoms with Gasteiger partial charge in [0.25, 0.3) is 0 Å². The van der Waals surface area contributed by atoms with E-state index in [1.807, 2.05) is 27.8 Å². The van der Waals surface area contributed by atoms with E-state index in [1.54, 1.807) is 4.68 Å². The average Bonchev–Trinajstić information content (AvgIpc) is 2.59. The van der Waals surface area contributed by atoms with E-state index in [2.05, 4.69) is 10.4 Å². The third-order valence-electron chi connectivity index (χ3n) is 4.58. The highest BCUT2D eigenvalue weighted by Crippen LogP contribution is 2.36. The lowest BCUT2D eigenvalue weighted by Crippen LogP contribution is -2.55. The Morgan fingerprint density at radius 2 is 2.05 bits per heavy atom. The van der Waals surface area contributed by atoms with Crippen LogP contribution < -0.4 is 5.32 Å². The minimum absolute atomic E-state index is 0.00351. The van der Waals surface area contributed by atoms with Gasteiger partial charge in [-0.05, 0) is 40.0 Å². The molecule has 1 aliphatic carbocycles. The fourth-order valence-corrected chi connectivity index (χ4v) is 3.16. The van der Waals surface area contributed by atoms with Crippen molar-refractivity contribution in [2.45, 2.75) is 57.9 Å². The van der Waals surface area contributed by atoms with Crippen LogP contribution in [0.2, 0.25) is 0 Å². The maximum absolute atomic E-state index is 12.5. The van der Waals surface area contributed by atoms with Crippen LogP contribution in [-0.4, -0.2) is 32.3 Å². The highest BCUT2D eigenvalue weighted by molar-refractivity contribution is 5.85. The van der Waals surface area contributed by atoms with Crippen LogP contribution in [0.15, 0.2) is 0 Å². The molecular weight excluding hydrogens is 270 g/mol. The second kappa shape index (κ2) is 5.50. The molecule has 0 aromatic carbocycles. The number of carbonyl (C=O) groups excluding carboxylic acids is 1. The van der Waals surface area contributed by atoms with Gasteiger partial charge in [0.05, 0.1) is 23.6 Å². The Labute approximate surface area is 124 Å². The molecule has 2 N–H and O–H groups in total. The highest BCUT2D eigenvalue weighted by Gasteiger charge is 2.41. The smallest absolute Gasteiger partial charge is 0.305 e. The monoisotopic (exact) mass is 293 g/mol. The van der Waals surface area contributed by atoms with E-state index in [0.717, 1.165) is 36.2 Å². The largest absolute Gasteiger partial charge is 0.481 e. The van der Waals surface area contributed by atoms with Crippen molar-refractivity contribution in [3.05, 3.63) is 17.0 Å². The van der Waals surface area contributed by atoms with Gasteiger partial charge in [0, 0.05) is 18.3 Å². The number of carboxylic acid groups (broad SMARTS) is 1. The van der Waals surface area contributed by atoms with Crippen molar-refractivity contribution in [3.8, 4) is 0 Å². The normalized spacial score (nSPS) is 17.9. The summed E-state index contributed by atoms with van der Waals surface area (Å²) in [6.07, 6.45) is 2.44. The molecule has 1 aromatic heterocycles. The molecule has 1 unspecified atom stereocenters. The molecule has 1 amide bonds. The summed E-state index contributed by atoms with van der Waals surface area (Å²) in [5.41, 5.74) is 2.19. The summed E-state index contributed by atoms with van der Waals surface area (Å²) in [5, 5.41) is 16.3. The molecule has 1 atom stereocenters. The van der Waals surface area contributed by atoms with Crippen molar-refractivity contribution in [2.24, 2.45) is 7.05 Å². The van der Waals surface area contributed by atoms with Gasteiger partial charge in [-0.1, -0.05) is 0 Å².